The summed E-state index contributed by atoms with van der Waals surface area (Å²) in [6, 6.07) is 5.11. The van der Waals surface area contributed by atoms with Gasteiger partial charge in [-0.05, 0) is 30.9 Å². The second-order valence-electron chi connectivity index (χ2n) is 8.27. The first-order chi connectivity index (χ1) is 12.9. The molecule has 0 N–H and O–H groups in total. The highest BCUT2D eigenvalue weighted by atomic mass is 35.5. The zero-order chi connectivity index (χ0) is 20.9. The molecule has 0 bridgehead atoms. The molecule has 1 heterocycles. The molecule has 1 amide bonds. The Bertz CT molecular complexity index is 976. The minimum Gasteiger partial charge on any atom is -0.291 e. The van der Waals surface area contributed by atoms with E-state index in [0.29, 0.717) is 11.4 Å². The third-order valence-electron chi connectivity index (χ3n) is 4.89. The Kier molecular flexibility index (Phi) is 5.25. The van der Waals surface area contributed by atoms with Gasteiger partial charge < -0.3 is 0 Å². The molecule has 0 spiro atoms. The second-order valence-corrected chi connectivity index (χ2v) is 8.65. The number of amides is 1. The van der Waals surface area contributed by atoms with E-state index in [-0.39, 0.29) is 11.0 Å². The minimum atomic E-state index is -4.63. The standard InChI is InChI=1S/C20H23ClF3N3O/c1-19(2,3)15-10-16(27(26(15)4)11-12-8-9-12)25-18(28)13-6-5-7-14(17(13)21)20(22,23)24/h5-7,10,12H,8-9,11H2,1-4H3/b25-16-. The number of carbonyl (C=O) groups is 1. The van der Waals surface area contributed by atoms with Crippen molar-refractivity contribution < 1.29 is 18.0 Å². The summed E-state index contributed by atoms with van der Waals surface area (Å²) in [5.41, 5.74) is -0.0576. The number of hydrogen-bond donors (Lipinski definition) is 0. The normalized spacial score (nSPS) is 15.9. The summed E-state index contributed by atoms with van der Waals surface area (Å²) in [7, 11) is 1.91. The van der Waals surface area contributed by atoms with Gasteiger partial charge in [0.2, 0.25) is 0 Å². The second kappa shape index (κ2) is 7.10. The summed E-state index contributed by atoms with van der Waals surface area (Å²) in [5.74, 6) is -0.251. The molecule has 0 radical (unpaired) electrons. The molecule has 4 nitrogen and oxygen atoms in total. The molecule has 2 aromatic rings. The van der Waals surface area contributed by atoms with Gasteiger partial charge in [-0.15, -0.1) is 0 Å². The van der Waals surface area contributed by atoms with Crippen molar-refractivity contribution in [3.05, 3.63) is 51.6 Å². The molecule has 1 aromatic carbocycles. The Morgan fingerprint density at radius 3 is 2.43 bits per heavy atom. The van der Waals surface area contributed by atoms with Crippen molar-refractivity contribution in [1.82, 2.24) is 9.36 Å². The van der Waals surface area contributed by atoms with Gasteiger partial charge >= 0.3 is 6.18 Å². The molecule has 0 saturated heterocycles. The van der Waals surface area contributed by atoms with Crippen LogP contribution in [0, 0.1) is 5.92 Å². The number of hydrogen-bond acceptors (Lipinski definition) is 1. The maximum absolute atomic E-state index is 13.1. The van der Waals surface area contributed by atoms with Gasteiger partial charge in [0, 0.05) is 30.8 Å². The average Bonchev–Trinajstić information content (AvgIpc) is 3.32. The molecule has 0 aliphatic heterocycles. The number of halogens is 4. The van der Waals surface area contributed by atoms with E-state index in [4.69, 9.17) is 11.6 Å². The van der Waals surface area contributed by atoms with Crippen LogP contribution in [0.2, 0.25) is 5.02 Å². The van der Waals surface area contributed by atoms with Crippen molar-refractivity contribution in [3.8, 4) is 0 Å². The lowest BCUT2D eigenvalue weighted by atomic mass is 9.92. The molecule has 1 saturated carbocycles. The SMILES string of the molecule is Cn1c(C(C)(C)C)c/c(=N/C(=O)c2cccc(C(F)(F)F)c2Cl)n1CC1CC1. The predicted molar refractivity (Wildman–Crippen MR) is 101 cm³/mol. The number of nitrogens with zero attached hydrogens (tertiary/aromatic N) is 3. The first-order valence-electron chi connectivity index (χ1n) is 9.11. The molecule has 28 heavy (non-hydrogen) atoms. The van der Waals surface area contributed by atoms with Gasteiger partial charge in [-0.2, -0.15) is 18.2 Å². The van der Waals surface area contributed by atoms with Gasteiger partial charge in [0.25, 0.3) is 5.91 Å². The molecule has 152 valence electrons. The van der Waals surface area contributed by atoms with Crippen LogP contribution in [0.1, 0.15) is 55.2 Å². The number of alkyl halides is 3. The molecule has 1 fully saturated rings. The zero-order valence-corrected chi connectivity index (χ0v) is 17.0. The van der Waals surface area contributed by atoms with Crippen LogP contribution in [0.25, 0.3) is 0 Å². The predicted octanol–water partition coefficient (Wildman–Crippen LogP) is 4.95. The number of carbonyl (C=O) groups excluding carboxylic acids is 1. The van der Waals surface area contributed by atoms with Crippen molar-refractivity contribution in [2.45, 2.75) is 51.7 Å². The first-order valence-corrected chi connectivity index (χ1v) is 9.49. The molecule has 8 heteroatoms. The fraction of sp³-hybridized carbons (Fsp3) is 0.500. The lowest BCUT2D eigenvalue weighted by molar-refractivity contribution is -0.137. The van der Waals surface area contributed by atoms with E-state index in [1.54, 1.807) is 0 Å². The van der Waals surface area contributed by atoms with Crippen LogP contribution < -0.4 is 5.49 Å². The Morgan fingerprint density at radius 1 is 1.25 bits per heavy atom. The van der Waals surface area contributed by atoms with Crippen molar-refractivity contribution in [2.75, 3.05) is 0 Å². The maximum Gasteiger partial charge on any atom is 0.417 e. The number of rotatable bonds is 3. The molecule has 0 unspecified atom stereocenters. The summed E-state index contributed by atoms with van der Waals surface area (Å²) < 4.78 is 43.1. The summed E-state index contributed by atoms with van der Waals surface area (Å²) >= 11 is 5.88. The molecule has 1 aliphatic rings. The Morgan fingerprint density at radius 2 is 1.89 bits per heavy atom. The van der Waals surface area contributed by atoms with Crippen LogP contribution in [0.4, 0.5) is 13.2 Å². The van der Waals surface area contributed by atoms with E-state index >= 15 is 0 Å². The maximum atomic E-state index is 13.1. The number of aromatic nitrogens is 2. The van der Waals surface area contributed by atoms with Gasteiger partial charge in [-0.25, -0.2) is 0 Å². The van der Waals surface area contributed by atoms with Gasteiger partial charge in [-0.1, -0.05) is 38.4 Å². The smallest absolute Gasteiger partial charge is 0.291 e. The monoisotopic (exact) mass is 413 g/mol. The zero-order valence-electron chi connectivity index (χ0n) is 16.3. The van der Waals surface area contributed by atoms with Crippen LogP contribution in [0.3, 0.4) is 0 Å². The van der Waals surface area contributed by atoms with Gasteiger partial charge in [0.05, 0.1) is 16.1 Å². The fourth-order valence-corrected chi connectivity index (χ4v) is 3.52. The highest BCUT2D eigenvalue weighted by Gasteiger charge is 2.34. The fourth-order valence-electron chi connectivity index (χ4n) is 3.21. The van der Waals surface area contributed by atoms with Crippen LogP contribution in [0.5, 0.6) is 0 Å². The topological polar surface area (TPSA) is 39.3 Å². The van der Waals surface area contributed by atoms with Gasteiger partial charge in [0.1, 0.15) is 0 Å². The van der Waals surface area contributed by atoms with E-state index < -0.39 is 22.7 Å². The largest absolute Gasteiger partial charge is 0.417 e. The Labute approximate surface area is 166 Å². The van der Waals surface area contributed by atoms with Crippen LogP contribution in [-0.4, -0.2) is 15.3 Å². The van der Waals surface area contributed by atoms with Crippen molar-refractivity contribution in [2.24, 2.45) is 18.0 Å². The molecular weight excluding hydrogens is 391 g/mol. The van der Waals surface area contributed by atoms with E-state index in [1.807, 2.05) is 22.5 Å². The molecular formula is C20H23ClF3N3O. The van der Waals surface area contributed by atoms with Gasteiger partial charge in [0.15, 0.2) is 5.49 Å². The van der Waals surface area contributed by atoms with Crippen LogP contribution >= 0.6 is 11.6 Å². The molecule has 1 aromatic heterocycles. The van der Waals surface area contributed by atoms with E-state index in [1.165, 1.54) is 12.1 Å². The van der Waals surface area contributed by atoms with Crippen molar-refractivity contribution >= 4 is 17.5 Å². The lowest BCUT2D eigenvalue weighted by Crippen LogP contribution is -2.26. The van der Waals surface area contributed by atoms with Crippen molar-refractivity contribution in [1.29, 1.82) is 0 Å². The Hall–Kier alpha value is -2.02. The third-order valence-corrected chi connectivity index (χ3v) is 5.30. The van der Waals surface area contributed by atoms with E-state index in [2.05, 4.69) is 25.8 Å². The number of benzene rings is 1. The van der Waals surface area contributed by atoms with Gasteiger partial charge in [-0.3, -0.25) is 14.2 Å². The van der Waals surface area contributed by atoms with Crippen LogP contribution in [-0.2, 0) is 25.2 Å². The summed E-state index contributed by atoms with van der Waals surface area (Å²) in [6.45, 7) is 6.88. The highest BCUT2D eigenvalue weighted by molar-refractivity contribution is 6.34. The first kappa shape index (κ1) is 20.7. The molecule has 0 atom stereocenters. The van der Waals surface area contributed by atoms with E-state index in [9.17, 15) is 18.0 Å². The van der Waals surface area contributed by atoms with E-state index in [0.717, 1.165) is 31.1 Å². The lowest BCUT2D eigenvalue weighted by Gasteiger charge is -2.20. The molecule has 1 aliphatic carbocycles. The highest BCUT2D eigenvalue weighted by Crippen LogP contribution is 2.36. The minimum absolute atomic E-state index is 0.176. The summed E-state index contributed by atoms with van der Waals surface area (Å²) in [6.07, 6.45) is -2.39. The average molecular weight is 414 g/mol. The molecule has 3 rings (SSSR count). The van der Waals surface area contributed by atoms with Crippen molar-refractivity contribution in [3.63, 3.8) is 0 Å². The summed E-state index contributed by atoms with van der Waals surface area (Å²) in [5, 5.41) is -0.621. The summed E-state index contributed by atoms with van der Waals surface area (Å²) in [4.78, 5) is 16.8. The van der Waals surface area contributed by atoms with Crippen LogP contribution in [0.15, 0.2) is 29.3 Å². The Balaban J connectivity index is 2.10. The third kappa shape index (κ3) is 4.19. The quantitative estimate of drug-likeness (QED) is 0.701.